The number of fused-ring (bicyclic) bond motifs is 1. The van der Waals surface area contributed by atoms with E-state index in [1.54, 1.807) is 0 Å². The maximum absolute atomic E-state index is 12.1. The van der Waals surface area contributed by atoms with Gasteiger partial charge in [0, 0.05) is 11.8 Å². The molecular formula is C15H21ClN4O4. The number of hydrogen-bond donors (Lipinski definition) is 3. The number of pyridine rings is 1. The van der Waals surface area contributed by atoms with Crippen LogP contribution in [0.3, 0.4) is 0 Å². The first-order valence-electron chi connectivity index (χ1n) is 7.23. The van der Waals surface area contributed by atoms with E-state index in [0.717, 1.165) is 12.1 Å². The second-order valence-electron chi connectivity index (χ2n) is 6.53. The van der Waals surface area contributed by atoms with Crippen molar-refractivity contribution in [3.8, 4) is 5.75 Å². The van der Waals surface area contributed by atoms with Crippen molar-refractivity contribution in [2.75, 3.05) is 6.54 Å². The standard InChI is InChI=1S/C15H20N4O4.ClH/c1-15(2,3)5-4-9-6-10(20)12(13-17-8-18-19(9)13)14(23)16-7-11(21)22;/h6,8,20H,4-5,7H2,1-3H3,(H,16,23)(H,21,22);1H. The van der Waals surface area contributed by atoms with Crippen LogP contribution >= 0.6 is 12.4 Å². The molecule has 2 rings (SSSR count). The molecule has 0 aliphatic rings. The molecule has 0 atom stereocenters. The number of carboxylic acid groups (broad SMARTS) is 1. The summed E-state index contributed by atoms with van der Waals surface area (Å²) in [5, 5.41) is 25.1. The molecule has 132 valence electrons. The monoisotopic (exact) mass is 356 g/mol. The number of amides is 1. The van der Waals surface area contributed by atoms with Gasteiger partial charge in [-0.2, -0.15) is 5.10 Å². The first-order chi connectivity index (χ1) is 10.7. The molecule has 0 aliphatic carbocycles. The Balaban J connectivity index is 0.00000288. The molecular weight excluding hydrogens is 336 g/mol. The fourth-order valence-corrected chi connectivity index (χ4v) is 2.17. The van der Waals surface area contributed by atoms with Crippen molar-refractivity contribution in [1.29, 1.82) is 0 Å². The van der Waals surface area contributed by atoms with Crippen molar-refractivity contribution in [3.63, 3.8) is 0 Å². The fourth-order valence-electron chi connectivity index (χ4n) is 2.17. The van der Waals surface area contributed by atoms with E-state index in [-0.39, 0.29) is 34.8 Å². The van der Waals surface area contributed by atoms with E-state index in [4.69, 9.17) is 5.11 Å². The summed E-state index contributed by atoms with van der Waals surface area (Å²) < 4.78 is 1.50. The van der Waals surface area contributed by atoms with Crippen LogP contribution in [0.5, 0.6) is 5.75 Å². The highest BCUT2D eigenvalue weighted by Gasteiger charge is 2.21. The number of carbonyl (C=O) groups excluding carboxylic acids is 1. The Morgan fingerprint density at radius 3 is 2.58 bits per heavy atom. The molecule has 0 bridgehead atoms. The number of aromatic nitrogens is 3. The van der Waals surface area contributed by atoms with Crippen LogP contribution in [0.15, 0.2) is 12.4 Å². The van der Waals surface area contributed by atoms with Gasteiger partial charge < -0.3 is 15.5 Å². The molecule has 2 aromatic heterocycles. The third-order valence-corrected chi connectivity index (χ3v) is 3.36. The zero-order chi connectivity index (χ0) is 17.2. The van der Waals surface area contributed by atoms with Crippen molar-refractivity contribution < 1.29 is 19.8 Å². The number of carbonyl (C=O) groups is 2. The normalized spacial score (nSPS) is 11.1. The third-order valence-electron chi connectivity index (χ3n) is 3.36. The van der Waals surface area contributed by atoms with Gasteiger partial charge in [0.2, 0.25) is 0 Å². The molecule has 0 aromatic carbocycles. The molecule has 0 aliphatic heterocycles. The predicted molar refractivity (Wildman–Crippen MR) is 89.6 cm³/mol. The molecule has 0 saturated carbocycles. The van der Waals surface area contributed by atoms with Crippen LogP contribution in [-0.2, 0) is 11.2 Å². The number of rotatable bonds is 5. The van der Waals surface area contributed by atoms with Gasteiger partial charge in [-0.05, 0) is 18.3 Å². The maximum Gasteiger partial charge on any atom is 0.322 e. The number of nitrogens with zero attached hydrogens (tertiary/aromatic N) is 3. The summed E-state index contributed by atoms with van der Waals surface area (Å²) in [7, 11) is 0. The van der Waals surface area contributed by atoms with Crippen LogP contribution < -0.4 is 5.32 Å². The summed E-state index contributed by atoms with van der Waals surface area (Å²) in [4.78, 5) is 26.7. The van der Waals surface area contributed by atoms with Crippen molar-refractivity contribution in [2.45, 2.75) is 33.6 Å². The van der Waals surface area contributed by atoms with Crippen molar-refractivity contribution >= 4 is 29.9 Å². The molecule has 8 nitrogen and oxygen atoms in total. The number of nitrogens with one attached hydrogen (secondary N) is 1. The van der Waals surface area contributed by atoms with Gasteiger partial charge in [-0.25, -0.2) is 9.50 Å². The van der Waals surface area contributed by atoms with Crippen LogP contribution in [0.25, 0.3) is 5.65 Å². The summed E-state index contributed by atoms with van der Waals surface area (Å²) in [6, 6.07) is 1.48. The Labute approximate surface area is 145 Å². The Kier molecular flexibility index (Phi) is 6.14. The second-order valence-corrected chi connectivity index (χ2v) is 6.53. The van der Waals surface area contributed by atoms with Crippen molar-refractivity contribution in [2.24, 2.45) is 5.41 Å². The summed E-state index contributed by atoms with van der Waals surface area (Å²) in [5.41, 5.74) is 0.972. The van der Waals surface area contributed by atoms with Gasteiger partial charge >= 0.3 is 5.97 Å². The summed E-state index contributed by atoms with van der Waals surface area (Å²) in [6.07, 6.45) is 2.82. The Hall–Kier alpha value is -2.35. The Bertz CT molecular complexity index is 752. The minimum absolute atomic E-state index is 0. The molecule has 24 heavy (non-hydrogen) atoms. The van der Waals surface area contributed by atoms with E-state index < -0.39 is 18.4 Å². The number of aryl methyl sites for hydroxylation is 1. The number of hydrogen-bond acceptors (Lipinski definition) is 5. The zero-order valence-corrected chi connectivity index (χ0v) is 14.6. The SMILES string of the molecule is CC(C)(C)CCc1cc(O)c(C(=O)NCC(=O)O)c2ncnn12.Cl. The number of aromatic hydroxyl groups is 1. The lowest BCUT2D eigenvalue weighted by molar-refractivity contribution is -0.135. The van der Waals surface area contributed by atoms with E-state index in [2.05, 4.69) is 36.2 Å². The van der Waals surface area contributed by atoms with Gasteiger partial charge in [0.1, 0.15) is 24.2 Å². The lowest BCUT2D eigenvalue weighted by Crippen LogP contribution is -2.30. The van der Waals surface area contributed by atoms with Gasteiger partial charge in [0.05, 0.1) is 0 Å². The van der Waals surface area contributed by atoms with Crippen LogP contribution in [-0.4, -0.2) is 43.2 Å². The molecule has 0 spiro atoms. The summed E-state index contributed by atoms with van der Waals surface area (Å²) in [6.45, 7) is 5.79. The average Bonchev–Trinajstić information content (AvgIpc) is 2.90. The molecule has 3 N–H and O–H groups in total. The first kappa shape index (κ1) is 19.7. The number of halogens is 1. The van der Waals surface area contributed by atoms with Gasteiger partial charge in [0.25, 0.3) is 5.91 Å². The van der Waals surface area contributed by atoms with Gasteiger partial charge in [-0.3, -0.25) is 9.59 Å². The van der Waals surface area contributed by atoms with E-state index in [1.807, 2.05) is 0 Å². The largest absolute Gasteiger partial charge is 0.507 e. The molecule has 1 amide bonds. The summed E-state index contributed by atoms with van der Waals surface area (Å²) >= 11 is 0. The minimum Gasteiger partial charge on any atom is -0.507 e. The van der Waals surface area contributed by atoms with E-state index >= 15 is 0 Å². The topological polar surface area (TPSA) is 117 Å². The highest BCUT2D eigenvalue weighted by atomic mass is 35.5. The van der Waals surface area contributed by atoms with Crippen LogP contribution in [0.1, 0.15) is 43.2 Å². The lowest BCUT2D eigenvalue weighted by Gasteiger charge is -2.18. The van der Waals surface area contributed by atoms with E-state index in [9.17, 15) is 14.7 Å². The van der Waals surface area contributed by atoms with Crippen LogP contribution in [0, 0.1) is 5.41 Å². The zero-order valence-electron chi connectivity index (χ0n) is 13.7. The third kappa shape index (κ3) is 4.58. The molecule has 9 heteroatoms. The maximum atomic E-state index is 12.1. The lowest BCUT2D eigenvalue weighted by atomic mass is 9.89. The molecule has 0 unspecified atom stereocenters. The van der Waals surface area contributed by atoms with E-state index in [1.165, 1.54) is 16.9 Å². The summed E-state index contributed by atoms with van der Waals surface area (Å²) in [5.74, 6) is -2.11. The van der Waals surface area contributed by atoms with Gasteiger partial charge in [-0.15, -0.1) is 12.4 Å². The van der Waals surface area contributed by atoms with Crippen LogP contribution in [0.4, 0.5) is 0 Å². The molecule has 0 fully saturated rings. The Morgan fingerprint density at radius 1 is 1.33 bits per heavy atom. The van der Waals surface area contributed by atoms with Gasteiger partial charge in [-0.1, -0.05) is 20.8 Å². The Morgan fingerprint density at radius 2 is 2.00 bits per heavy atom. The first-order valence-corrected chi connectivity index (χ1v) is 7.23. The highest BCUT2D eigenvalue weighted by molar-refractivity contribution is 6.03. The van der Waals surface area contributed by atoms with Gasteiger partial charge in [0.15, 0.2) is 5.65 Å². The fraction of sp³-hybridized carbons (Fsp3) is 0.467. The number of carboxylic acids is 1. The minimum atomic E-state index is -1.17. The molecule has 2 aromatic rings. The molecule has 2 heterocycles. The quantitative estimate of drug-likeness (QED) is 0.750. The average molecular weight is 357 g/mol. The van der Waals surface area contributed by atoms with Crippen molar-refractivity contribution in [3.05, 3.63) is 23.7 Å². The van der Waals surface area contributed by atoms with E-state index in [0.29, 0.717) is 6.42 Å². The van der Waals surface area contributed by atoms with Crippen molar-refractivity contribution in [1.82, 2.24) is 19.9 Å². The number of aliphatic carboxylic acids is 1. The van der Waals surface area contributed by atoms with Crippen LogP contribution in [0.2, 0.25) is 0 Å². The molecule has 0 radical (unpaired) electrons. The predicted octanol–water partition coefficient (Wildman–Crippen LogP) is 1.65. The highest BCUT2D eigenvalue weighted by Crippen LogP contribution is 2.26. The molecule has 0 saturated heterocycles. The smallest absolute Gasteiger partial charge is 0.322 e. The second kappa shape index (κ2) is 7.48.